The molecule has 218 valence electrons. The molecule has 10 nitrogen and oxygen atoms in total. The summed E-state index contributed by atoms with van der Waals surface area (Å²) in [6, 6.07) is 4.63. The van der Waals surface area contributed by atoms with E-state index in [1.165, 1.54) is 30.5 Å². The summed E-state index contributed by atoms with van der Waals surface area (Å²) in [6.07, 6.45) is 6.15. The SMILES string of the molecule is COc1cc2ncnc(N(C)c3ccc(Cl)c(Cl)c3F)c2c(NC=O)c1OC1CCN(C(=O)/C=C/CN(C)C)CC1. The zero-order valence-corrected chi connectivity index (χ0v) is 24.7. The molecule has 4 rings (SSSR count). The van der Waals surface area contributed by atoms with E-state index < -0.39 is 5.82 Å². The van der Waals surface area contributed by atoms with Crippen LogP contribution in [-0.2, 0) is 9.59 Å². The number of rotatable bonds is 10. The van der Waals surface area contributed by atoms with Gasteiger partial charge in [0.2, 0.25) is 12.3 Å². The van der Waals surface area contributed by atoms with Crippen molar-refractivity contribution in [3.05, 3.63) is 52.5 Å². The van der Waals surface area contributed by atoms with Crippen LogP contribution in [0.4, 0.5) is 21.6 Å². The molecule has 1 N–H and O–H groups in total. The Hall–Kier alpha value is -3.67. The maximum atomic E-state index is 15.1. The van der Waals surface area contributed by atoms with E-state index in [2.05, 4.69) is 15.3 Å². The molecular weight excluding hydrogens is 574 g/mol. The Morgan fingerprint density at radius 2 is 1.95 bits per heavy atom. The number of likely N-dealkylation sites (N-methyl/N-ethyl adjacent to an activating group) is 1. The summed E-state index contributed by atoms with van der Waals surface area (Å²) in [4.78, 5) is 38.3. The third-order valence-corrected chi connectivity index (χ3v) is 7.49. The Bertz CT molecular complexity index is 1460. The fraction of sp³-hybridized carbons (Fsp3) is 0.357. The van der Waals surface area contributed by atoms with E-state index >= 15 is 4.39 Å². The molecule has 1 saturated heterocycles. The number of halogens is 3. The van der Waals surface area contributed by atoms with Gasteiger partial charge in [0.1, 0.15) is 23.9 Å². The number of carbonyl (C=O) groups excluding carboxylic acids is 2. The molecule has 1 aliphatic rings. The molecule has 0 aliphatic carbocycles. The molecule has 0 atom stereocenters. The lowest BCUT2D eigenvalue weighted by Gasteiger charge is -2.32. The molecular formula is C28H31Cl2FN6O4. The smallest absolute Gasteiger partial charge is 0.246 e. The number of hydrogen-bond donors (Lipinski definition) is 1. The average Bonchev–Trinajstić information content (AvgIpc) is 2.96. The number of anilines is 3. The van der Waals surface area contributed by atoms with E-state index in [1.807, 2.05) is 25.1 Å². The third-order valence-electron chi connectivity index (χ3n) is 6.71. The summed E-state index contributed by atoms with van der Waals surface area (Å²) in [5.41, 5.74) is 0.814. The monoisotopic (exact) mass is 604 g/mol. The molecule has 1 aliphatic heterocycles. The van der Waals surface area contributed by atoms with Crippen molar-refractivity contribution in [3.8, 4) is 11.5 Å². The number of piperidine rings is 1. The number of hydrogen-bond acceptors (Lipinski definition) is 8. The Morgan fingerprint density at radius 3 is 2.61 bits per heavy atom. The first-order valence-electron chi connectivity index (χ1n) is 12.9. The van der Waals surface area contributed by atoms with Crippen molar-refractivity contribution in [2.24, 2.45) is 0 Å². The van der Waals surface area contributed by atoms with Crippen LogP contribution in [0.2, 0.25) is 10.0 Å². The first-order chi connectivity index (χ1) is 19.7. The summed E-state index contributed by atoms with van der Waals surface area (Å²) in [5, 5.41) is 2.98. The van der Waals surface area contributed by atoms with Crippen LogP contribution in [0, 0.1) is 5.82 Å². The molecule has 0 saturated carbocycles. The predicted octanol–water partition coefficient (Wildman–Crippen LogP) is 4.91. The predicted molar refractivity (Wildman–Crippen MR) is 158 cm³/mol. The van der Waals surface area contributed by atoms with E-state index in [9.17, 15) is 9.59 Å². The highest BCUT2D eigenvalue weighted by atomic mass is 35.5. The van der Waals surface area contributed by atoms with Gasteiger partial charge in [-0.15, -0.1) is 0 Å². The van der Waals surface area contributed by atoms with Gasteiger partial charge in [-0.3, -0.25) is 9.59 Å². The molecule has 2 aromatic carbocycles. The Balaban J connectivity index is 1.68. The van der Waals surface area contributed by atoms with Gasteiger partial charge in [0.05, 0.1) is 33.7 Å². The van der Waals surface area contributed by atoms with Gasteiger partial charge in [-0.1, -0.05) is 29.3 Å². The number of amides is 2. The van der Waals surface area contributed by atoms with Crippen molar-refractivity contribution in [3.63, 3.8) is 0 Å². The van der Waals surface area contributed by atoms with E-state index in [1.54, 1.807) is 24.1 Å². The normalized spacial score (nSPS) is 14.1. The van der Waals surface area contributed by atoms with Crippen molar-refractivity contribution in [2.45, 2.75) is 18.9 Å². The number of aromatic nitrogens is 2. The number of methoxy groups -OCH3 is 1. The van der Waals surface area contributed by atoms with Crippen LogP contribution in [-0.4, -0.2) is 86.1 Å². The summed E-state index contributed by atoms with van der Waals surface area (Å²) in [7, 11) is 6.97. The molecule has 0 bridgehead atoms. The second kappa shape index (κ2) is 13.3. The molecule has 2 amide bonds. The quantitative estimate of drug-likeness (QED) is 0.198. The minimum absolute atomic E-state index is 0.0451. The number of fused-ring (bicyclic) bond motifs is 1. The maximum Gasteiger partial charge on any atom is 0.246 e. The first kappa shape index (κ1) is 30.3. The van der Waals surface area contributed by atoms with Crippen molar-refractivity contribution in [1.82, 2.24) is 19.8 Å². The standard InChI is InChI=1S/C28H31Cl2FN6O4/c1-35(2)11-5-6-22(39)37-12-9-17(10-13-37)41-27-21(40-4)14-19-23(26(27)34-16-38)28(33-15-32-19)36(3)20-8-7-18(29)24(30)25(20)31/h5-8,14-17H,9-13H2,1-4H3,(H,34,38)/b6-5+. The van der Waals surface area contributed by atoms with Gasteiger partial charge in [0.25, 0.3) is 0 Å². The summed E-state index contributed by atoms with van der Waals surface area (Å²) in [5.74, 6) is 0.147. The maximum absolute atomic E-state index is 15.1. The Morgan fingerprint density at radius 1 is 1.22 bits per heavy atom. The number of benzene rings is 2. The van der Waals surface area contributed by atoms with Gasteiger partial charge in [0.15, 0.2) is 17.3 Å². The summed E-state index contributed by atoms with van der Waals surface area (Å²) in [6.45, 7) is 1.70. The minimum atomic E-state index is -0.721. The van der Waals surface area contributed by atoms with Crippen molar-refractivity contribution >= 4 is 63.6 Å². The Labute approximate surface area is 247 Å². The highest BCUT2D eigenvalue weighted by Gasteiger charge is 2.28. The van der Waals surface area contributed by atoms with Gasteiger partial charge in [-0.05, 0) is 26.2 Å². The number of ether oxygens (including phenoxy) is 2. The van der Waals surface area contributed by atoms with E-state index in [-0.39, 0.29) is 45.0 Å². The van der Waals surface area contributed by atoms with Gasteiger partial charge in [-0.25, -0.2) is 14.4 Å². The van der Waals surface area contributed by atoms with Crippen LogP contribution in [0.5, 0.6) is 11.5 Å². The fourth-order valence-corrected chi connectivity index (χ4v) is 4.91. The zero-order valence-electron chi connectivity index (χ0n) is 23.2. The zero-order chi connectivity index (χ0) is 29.7. The molecule has 0 unspecified atom stereocenters. The number of nitrogens with one attached hydrogen (secondary N) is 1. The highest BCUT2D eigenvalue weighted by Crippen LogP contribution is 2.46. The minimum Gasteiger partial charge on any atom is -0.493 e. The van der Waals surface area contributed by atoms with E-state index in [4.69, 9.17) is 32.7 Å². The Kier molecular flexibility index (Phi) is 9.85. The van der Waals surface area contributed by atoms with Crippen LogP contribution in [0.3, 0.4) is 0 Å². The summed E-state index contributed by atoms with van der Waals surface area (Å²) < 4.78 is 27.1. The van der Waals surface area contributed by atoms with Crippen molar-refractivity contribution < 1.29 is 23.5 Å². The molecule has 0 radical (unpaired) electrons. The number of carbonyl (C=O) groups is 2. The van der Waals surface area contributed by atoms with Crippen molar-refractivity contribution in [1.29, 1.82) is 0 Å². The number of nitrogens with zero attached hydrogens (tertiary/aromatic N) is 5. The number of likely N-dealkylation sites (tertiary alicyclic amines) is 1. The van der Waals surface area contributed by atoms with Gasteiger partial charge < -0.3 is 29.5 Å². The topological polar surface area (TPSA) is 100 Å². The average molecular weight is 605 g/mol. The molecule has 13 heteroatoms. The lowest BCUT2D eigenvalue weighted by atomic mass is 10.1. The molecule has 0 spiro atoms. The van der Waals surface area contributed by atoms with Gasteiger partial charge in [-0.2, -0.15) is 0 Å². The van der Waals surface area contributed by atoms with E-state index in [0.29, 0.717) is 55.5 Å². The van der Waals surface area contributed by atoms with Gasteiger partial charge >= 0.3 is 0 Å². The molecule has 3 aromatic rings. The largest absolute Gasteiger partial charge is 0.493 e. The second-order valence-electron chi connectivity index (χ2n) is 9.70. The third kappa shape index (κ3) is 6.64. The van der Waals surface area contributed by atoms with E-state index in [0.717, 1.165) is 0 Å². The molecule has 2 heterocycles. The lowest BCUT2D eigenvalue weighted by Crippen LogP contribution is -2.41. The van der Waals surface area contributed by atoms with Crippen LogP contribution >= 0.6 is 23.2 Å². The highest BCUT2D eigenvalue weighted by molar-refractivity contribution is 6.42. The molecule has 41 heavy (non-hydrogen) atoms. The molecule has 1 fully saturated rings. The first-order valence-corrected chi connectivity index (χ1v) is 13.6. The fourth-order valence-electron chi connectivity index (χ4n) is 4.60. The van der Waals surface area contributed by atoms with Crippen molar-refractivity contribution in [2.75, 3.05) is 58.1 Å². The van der Waals surface area contributed by atoms with Crippen LogP contribution in [0.25, 0.3) is 10.9 Å². The lowest BCUT2D eigenvalue weighted by molar-refractivity contribution is -0.127. The van der Waals surface area contributed by atoms with Crippen LogP contribution in [0.1, 0.15) is 12.8 Å². The second-order valence-corrected chi connectivity index (χ2v) is 10.5. The van der Waals surface area contributed by atoms with Crippen LogP contribution < -0.4 is 19.7 Å². The van der Waals surface area contributed by atoms with Gasteiger partial charge in [0, 0.05) is 51.7 Å². The summed E-state index contributed by atoms with van der Waals surface area (Å²) >= 11 is 12.0. The molecule has 1 aromatic heterocycles. The van der Waals surface area contributed by atoms with Crippen LogP contribution in [0.15, 0.2) is 36.7 Å².